The molecule has 0 bridgehead atoms. The van der Waals surface area contributed by atoms with Crippen molar-refractivity contribution in [2.75, 3.05) is 6.61 Å². The fourth-order valence-electron chi connectivity index (χ4n) is 3.60. The predicted molar refractivity (Wildman–Crippen MR) is 121 cm³/mol. The molecule has 1 saturated carbocycles. The lowest BCUT2D eigenvalue weighted by molar-refractivity contribution is -0.142. The van der Waals surface area contributed by atoms with Crippen LogP contribution in [0.4, 0.5) is 0 Å². The highest BCUT2D eigenvalue weighted by molar-refractivity contribution is 6.67. The van der Waals surface area contributed by atoms with Crippen molar-refractivity contribution in [3.8, 4) is 11.8 Å². The van der Waals surface area contributed by atoms with Gasteiger partial charge in [0.15, 0.2) is 5.76 Å². The molecule has 30 heavy (non-hydrogen) atoms. The minimum absolute atomic E-state index is 0.210. The van der Waals surface area contributed by atoms with E-state index in [0.717, 1.165) is 38.5 Å². The molecule has 0 aliphatic heterocycles. The molecule has 0 heterocycles. The lowest BCUT2D eigenvalue weighted by Crippen LogP contribution is -2.22. The van der Waals surface area contributed by atoms with Gasteiger partial charge in [-0.25, -0.2) is 4.79 Å². The molecule has 0 aromatic rings. The van der Waals surface area contributed by atoms with Gasteiger partial charge in [0.05, 0.1) is 0 Å². The van der Waals surface area contributed by atoms with Gasteiger partial charge in [-0.3, -0.25) is 0 Å². The molecule has 1 aliphatic carbocycles. The highest BCUT2D eigenvalue weighted by Crippen LogP contribution is 2.35. The molecule has 3 N–H and O–H groups in total. The summed E-state index contributed by atoms with van der Waals surface area (Å²) in [5, 5.41) is 29.7. The third kappa shape index (κ3) is 11.0. The minimum atomic E-state index is -1.83. The Kier molecular flexibility index (Phi) is 13.0. The molecule has 3 atom stereocenters. The quantitative estimate of drug-likeness (QED) is 0.0819. The standard InChI is InChI=1S/C22H33Cl3O5/c1-2-3-4-5-6-7-10-16-11-8-12-17(16)13-9-14-18(26)19(27)20(28)21(29)30-15-22(23,24)25/h16-18,26-28H,2-6,8-9,11-15H2,1H3/t16-,17+,18-/m0/s1. The molecule has 5 nitrogen and oxygen atoms in total. The van der Waals surface area contributed by atoms with Crippen LogP contribution in [0.5, 0.6) is 0 Å². The van der Waals surface area contributed by atoms with E-state index in [9.17, 15) is 20.1 Å². The van der Waals surface area contributed by atoms with Crippen LogP contribution in [0.25, 0.3) is 0 Å². The minimum Gasteiger partial charge on any atom is -0.506 e. The molecule has 0 aromatic carbocycles. The average Bonchev–Trinajstić information content (AvgIpc) is 3.14. The predicted octanol–water partition coefficient (Wildman–Crippen LogP) is 6.15. The number of unbranched alkanes of at least 4 members (excludes halogenated alkanes) is 4. The number of aliphatic hydroxyl groups is 3. The Labute approximate surface area is 194 Å². The smallest absolute Gasteiger partial charge is 0.377 e. The van der Waals surface area contributed by atoms with Gasteiger partial charge in [0.2, 0.25) is 9.55 Å². The van der Waals surface area contributed by atoms with Gasteiger partial charge < -0.3 is 20.1 Å². The summed E-state index contributed by atoms with van der Waals surface area (Å²) in [6.45, 7) is 1.60. The van der Waals surface area contributed by atoms with Crippen LogP contribution in [0, 0.1) is 23.7 Å². The molecule has 0 aromatic heterocycles. The molecule has 0 radical (unpaired) electrons. The summed E-state index contributed by atoms with van der Waals surface area (Å²) in [6.07, 6.45) is 9.56. The van der Waals surface area contributed by atoms with E-state index < -0.39 is 34.0 Å². The van der Waals surface area contributed by atoms with Crippen molar-refractivity contribution in [3.05, 3.63) is 11.5 Å². The number of halogens is 3. The summed E-state index contributed by atoms with van der Waals surface area (Å²) in [6, 6.07) is 0. The van der Waals surface area contributed by atoms with Gasteiger partial charge >= 0.3 is 5.97 Å². The Morgan fingerprint density at radius 2 is 1.90 bits per heavy atom. The van der Waals surface area contributed by atoms with Gasteiger partial charge in [-0.15, -0.1) is 5.92 Å². The zero-order chi connectivity index (χ0) is 22.6. The van der Waals surface area contributed by atoms with Crippen LogP contribution < -0.4 is 0 Å². The van der Waals surface area contributed by atoms with Crippen molar-refractivity contribution in [3.63, 3.8) is 0 Å². The van der Waals surface area contributed by atoms with Crippen LogP contribution in [0.3, 0.4) is 0 Å². The maximum Gasteiger partial charge on any atom is 0.377 e. The van der Waals surface area contributed by atoms with Crippen LogP contribution in [0.15, 0.2) is 11.5 Å². The zero-order valence-electron chi connectivity index (χ0n) is 17.5. The fraction of sp³-hybridized carbons (Fsp3) is 0.773. The molecule has 0 spiro atoms. The van der Waals surface area contributed by atoms with Gasteiger partial charge in [-0.2, -0.15) is 0 Å². The third-order valence-electron chi connectivity index (χ3n) is 5.27. The molecular weight excluding hydrogens is 451 g/mol. The Morgan fingerprint density at radius 1 is 1.17 bits per heavy atom. The number of hydrogen-bond acceptors (Lipinski definition) is 5. The SMILES string of the molecule is CCCCCCC#C[C@H]1CCC[C@@H]1CCC[C@H](O)C(O)=C(O)C(=O)OCC(Cl)(Cl)Cl. The lowest BCUT2D eigenvalue weighted by Gasteiger charge is -2.16. The molecule has 0 unspecified atom stereocenters. The van der Waals surface area contributed by atoms with E-state index in [1.165, 1.54) is 19.3 Å². The van der Waals surface area contributed by atoms with E-state index >= 15 is 0 Å². The van der Waals surface area contributed by atoms with Gasteiger partial charge in [0, 0.05) is 12.3 Å². The number of hydrogen-bond donors (Lipinski definition) is 3. The largest absolute Gasteiger partial charge is 0.506 e. The van der Waals surface area contributed by atoms with E-state index in [1.807, 2.05) is 0 Å². The first kappa shape index (κ1) is 27.2. The molecule has 0 amide bonds. The van der Waals surface area contributed by atoms with Crippen molar-refractivity contribution in [1.29, 1.82) is 0 Å². The first-order valence-electron chi connectivity index (χ1n) is 10.7. The van der Waals surface area contributed by atoms with E-state index in [2.05, 4.69) is 23.5 Å². The van der Waals surface area contributed by atoms with Gasteiger partial charge in [-0.05, 0) is 38.0 Å². The monoisotopic (exact) mass is 482 g/mol. The number of alkyl halides is 3. The summed E-state index contributed by atoms with van der Waals surface area (Å²) < 4.78 is 2.75. The van der Waals surface area contributed by atoms with E-state index in [1.54, 1.807) is 0 Å². The Balaban J connectivity index is 2.42. The number of ether oxygens (including phenoxy) is 1. The highest BCUT2D eigenvalue weighted by atomic mass is 35.6. The van der Waals surface area contributed by atoms with Crippen molar-refractivity contribution < 1.29 is 24.9 Å². The molecule has 172 valence electrons. The molecule has 8 heteroatoms. The number of rotatable bonds is 11. The normalized spacial score (nSPS) is 20.8. The topological polar surface area (TPSA) is 87.0 Å². The van der Waals surface area contributed by atoms with Gasteiger partial charge in [0.25, 0.3) is 0 Å². The van der Waals surface area contributed by atoms with Crippen molar-refractivity contribution in [1.82, 2.24) is 0 Å². The summed E-state index contributed by atoms with van der Waals surface area (Å²) >= 11 is 16.4. The maximum absolute atomic E-state index is 11.7. The van der Waals surface area contributed by atoms with Crippen LogP contribution in [0.2, 0.25) is 0 Å². The summed E-state index contributed by atoms with van der Waals surface area (Å²) in [5.41, 5.74) is 0. The van der Waals surface area contributed by atoms with E-state index in [4.69, 9.17) is 34.8 Å². The maximum atomic E-state index is 11.7. The second-order valence-corrected chi connectivity index (χ2v) is 10.3. The first-order valence-corrected chi connectivity index (χ1v) is 11.8. The van der Waals surface area contributed by atoms with Gasteiger partial charge in [0.1, 0.15) is 12.7 Å². The number of carbonyl (C=O) groups is 1. The first-order chi connectivity index (χ1) is 14.2. The van der Waals surface area contributed by atoms with E-state index in [-0.39, 0.29) is 6.42 Å². The van der Waals surface area contributed by atoms with Crippen molar-refractivity contribution in [2.45, 2.75) is 87.4 Å². The molecule has 1 aliphatic rings. The van der Waals surface area contributed by atoms with Crippen LogP contribution >= 0.6 is 34.8 Å². The van der Waals surface area contributed by atoms with E-state index in [0.29, 0.717) is 18.3 Å². The summed E-state index contributed by atoms with van der Waals surface area (Å²) in [4.78, 5) is 11.7. The zero-order valence-corrected chi connectivity index (χ0v) is 19.8. The molecule has 1 fully saturated rings. The Hall–Kier alpha value is -0.800. The van der Waals surface area contributed by atoms with Crippen LogP contribution in [0.1, 0.15) is 77.6 Å². The highest BCUT2D eigenvalue weighted by Gasteiger charge is 2.28. The molecule has 1 rings (SSSR count). The molecule has 0 saturated heterocycles. The second-order valence-electron chi connectivity index (χ2n) is 7.80. The Morgan fingerprint density at radius 3 is 2.57 bits per heavy atom. The molecular formula is C22H33Cl3O5. The number of esters is 1. The van der Waals surface area contributed by atoms with Crippen molar-refractivity contribution >= 4 is 40.8 Å². The van der Waals surface area contributed by atoms with Crippen LogP contribution in [-0.2, 0) is 9.53 Å². The van der Waals surface area contributed by atoms with Gasteiger partial charge in [-0.1, -0.05) is 79.8 Å². The second kappa shape index (κ2) is 14.3. The summed E-state index contributed by atoms with van der Waals surface area (Å²) in [5.74, 6) is 4.45. The summed E-state index contributed by atoms with van der Waals surface area (Å²) in [7, 11) is 0. The number of carbonyl (C=O) groups excluding carboxylic acids is 1. The number of aliphatic hydroxyl groups excluding tert-OH is 3. The average molecular weight is 484 g/mol. The Bertz CT molecular complexity index is 618. The lowest BCUT2D eigenvalue weighted by atomic mass is 9.90. The van der Waals surface area contributed by atoms with Crippen molar-refractivity contribution in [2.24, 2.45) is 11.8 Å². The van der Waals surface area contributed by atoms with Crippen LogP contribution in [-0.4, -0.2) is 37.8 Å². The third-order valence-corrected chi connectivity index (χ3v) is 5.60. The fourth-order valence-corrected chi connectivity index (χ4v) is 3.77.